The molecule has 1 saturated carbocycles. The summed E-state index contributed by atoms with van der Waals surface area (Å²) < 4.78 is 0. The van der Waals surface area contributed by atoms with Crippen molar-refractivity contribution in [1.82, 2.24) is 15.2 Å². The lowest BCUT2D eigenvalue weighted by Gasteiger charge is -2.38. The zero-order valence-corrected chi connectivity index (χ0v) is 13.4. The number of piperazine rings is 1. The molecular weight excluding hydrogens is 294 g/mol. The number of primary amides is 1. The summed E-state index contributed by atoms with van der Waals surface area (Å²) in [5.41, 5.74) is 6.51. The van der Waals surface area contributed by atoms with Crippen LogP contribution in [0.15, 0.2) is 18.3 Å². The number of amides is 2. The van der Waals surface area contributed by atoms with E-state index in [1.807, 2.05) is 13.0 Å². The molecular formula is C16H23N5O2. The number of aromatic nitrogens is 1. The van der Waals surface area contributed by atoms with Gasteiger partial charge >= 0.3 is 0 Å². The lowest BCUT2D eigenvalue weighted by Crippen LogP contribution is -2.54. The molecule has 0 aromatic carbocycles. The Hall–Kier alpha value is -2.15. The Morgan fingerprint density at radius 2 is 2.00 bits per heavy atom. The van der Waals surface area contributed by atoms with Crippen LogP contribution in [0.2, 0.25) is 0 Å². The van der Waals surface area contributed by atoms with E-state index in [9.17, 15) is 9.59 Å². The second-order valence-electron chi connectivity index (χ2n) is 6.25. The van der Waals surface area contributed by atoms with Crippen molar-refractivity contribution in [3.05, 3.63) is 24.0 Å². The van der Waals surface area contributed by atoms with E-state index in [1.165, 1.54) is 0 Å². The van der Waals surface area contributed by atoms with E-state index in [1.54, 1.807) is 12.3 Å². The molecule has 23 heavy (non-hydrogen) atoms. The maximum absolute atomic E-state index is 12.1. The Kier molecular flexibility index (Phi) is 4.47. The van der Waals surface area contributed by atoms with Gasteiger partial charge < -0.3 is 16.0 Å². The van der Waals surface area contributed by atoms with Crippen LogP contribution in [-0.2, 0) is 4.79 Å². The van der Waals surface area contributed by atoms with Crippen molar-refractivity contribution in [3.8, 4) is 0 Å². The molecule has 7 heteroatoms. The van der Waals surface area contributed by atoms with Crippen LogP contribution in [0.25, 0.3) is 0 Å². The van der Waals surface area contributed by atoms with Gasteiger partial charge in [0.15, 0.2) is 0 Å². The first-order valence-corrected chi connectivity index (χ1v) is 8.10. The average molecular weight is 317 g/mol. The van der Waals surface area contributed by atoms with Gasteiger partial charge in [-0.1, -0.05) is 0 Å². The quantitative estimate of drug-likeness (QED) is 0.796. The molecule has 1 unspecified atom stereocenters. The normalized spacial score (nSPS) is 20.1. The lowest BCUT2D eigenvalue weighted by atomic mass is 10.2. The molecule has 2 fully saturated rings. The highest BCUT2D eigenvalue weighted by atomic mass is 16.2. The summed E-state index contributed by atoms with van der Waals surface area (Å²) in [5, 5.41) is 3.06. The van der Waals surface area contributed by atoms with Gasteiger partial charge in [-0.3, -0.25) is 19.5 Å². The van der Waals surface area contributed by atoms with E-state index in [-0.39, 0.29) is 17.6 Å². The summed E-state index contributed by atoms with van der Waals surface area (Å²) >= 11 is 0. The summed E-state index contributed by atoms with van der Waals surface area (Å²) in [7, 11) is 0. The molecule has 1 aromatic rings. The second-order valence-corrected chi connectivity index (χ2v) is 6.25. The third kappa shape index (κ3) is 3.79. The molecule has 1 aromatic heterocycles. The maximum atomic E-state index is 12.1. The van der Waals surface area contributed by atoms with Crippen LogP contribution >= 0.6 is 0 Å². The summed E-state index contributed by atoms with van der Waals surface area (Å²) in [6.07, 6.45) is 3.82. The number of hydrogen-bond donors (Lipinski definition) is 2. The van der Waals surface area contributed by atoms with Crippen LogP contribution in [0.4, 0.5) is 5.69 Å². The number of pyridine rings is 1. The van der Waals surface area contributed by atoms with E-state index in [0.29, 0.717) is 6.04 Å². The summed E-state index contributed by atoms with van der Waals surface area (Å²) in [4.78, 5) is 31.7. The number of rotatable bonds is 5. The van der Waals surface area contributed by atoms with Crippen LogP contribution in [0, 0.1) is 0 Å². The molecule has 0 spiro atoms. The van der Waals surface area contributed by atoms with Crippen LogP contribution < -0.4 is 16.0 Å². The monoisotopic (exact) mass is 317 g/mol. The molecule has 3 N–H and O–H groups in total. The van der Waals surface area contributed by atoms with Gasteiger partial charge in [0, 0.05) is 44.1 Å². The number of carbonyl (C=O) groups excluding carboxylic acids is 2. The van der Waals surface area contributed by atoms with Gasteiger partial charge in [-0.05, 0) is 31.9 Å². The van der Waals surface area contributed by atoms with E-state index in [0.717, 1.165) is 44.7 Å². The minimum absolute atomic E-state index is 0.101. The molecule has 7 nitrogen and oxygen atoms in total. The van der Waals surface area contributed by atoms with Crippen LogP contribution in [0.3, 0.4) is 0 Å². The van der Waals surface area contributed by atoms with Crippen molar-refractivity contribution in [2.45, 2.75) is 31.8 Å². The predicted molar refractivity (Wildman–Crippen MR) is 87.2 cm³/mol. The first-order valence-electron chi connectivity index (χ1n) is 8.10. The van der Waals surface area contributed by atoms with Crippen molar-refractivity contribution >= 4 is 17.5 Å². The third-order valence-corrected chi connectivity index (χ3v) is 4.53. The van der Waals surface area contributed by atoms with Crippen molar-refractivity contribution in [3.63, 3.8) is 0 Å². The van der Waals surface area contributed by atoms with Gasteiger partial charge in [0.05, 0.1) is 6.04 Å². The minimum atomic E-state index is -0.518. The zero-order chi connectivity index (χ0) is 16.4. The van der Waals surface area contributed by atoms with Gasteiger partial charge in [0.25, 0.3) is 5.91 Å². The fourth-order valence-electron chi connectivity index (χ4n) is 2.83. The number of carbonyl (C=O) groups is 2. The summed E-state index contributed by atoms with van der Waals surface area (Å²) in [6, 6.07) is 3.90. The summed E-state index contributed by atoms with van der Waals surface area (Å²) in [5.74, 6) is -0.392. The first kappa shape index (κ1) is 15.7. The Morgan fingerprint density at radius 3 is 2.61 bits per heavy atom. The highest BCUT2D eigenvalue weighted by Gasteiger charge is 2.30. The van der Waals surface area contributed by atoms with Gasteiger partial charge in [0.1, 0.15) is 5.69 Å². The Balaban J connectivity index is 1.56. The molecule has 0 bridgehead atoms. The van der Waals surface area contributed by atoms with Gasteiger partial charge in [-0.2, -0.15) is 0 Å². The number of anilines is 1. The Bertz CT molecular complexity index is 594. The average Bonchev–Trinajstić information content (AvgIpc) is 3.38. The molecule has 1 aliphatic carbocycles. The lowest BCUT2D eigenvalue weighted by molar-refractivity contribution is -0.126. The number of nitrogens with two attached hydrogens (primary N) is 1. The highest BCUT2D eigenvalue weighted by molar-refractivity contribution is 5.91. The minimum Gasteiger partial charge on any atom is -0.369 e. The molecule has 2 amide bonds. The SMILES string of the molecule is CC(C(=O)NC1CC1)N1CCN(c2ccnc(C(N)=O)c2)CC1. The van der Waals surface area contributed by atoms with E-state index in [2.05, 4.69) is 20.1 Å². The Labute approximate surface area is 135 Å². The highest BCUT2D eigenvalue weighted by Crippen LogP contribution is 2.20. The first-order chi connectivity index (χ1) is 11.0. The van der Waals surface area contributed by atoms with E-state index in [4.69, 9.17) is 5.73 Å². The maximum Gasteiger partial charge on any atom is 0.267 e. The van der Waals surface area contributed by atoms with Crippen molar-refractivity contribution in [2.75, 3.05) is 31.1 Å². The van der Waals surface area contributed by atoms with Crippen LogP contribution in [0.5, 0.6) is 0 Å². The fourth-order valence-corrected chi connectivity index (χ4v) is 2.83. The molecule has 1 saturated heterocycles. The largest absolute Gasteiger partial charge is 0.369 e. The molecule has 124 valence electrons. The second kappa shape index (κ2) is 6.54. The fraction of sp³-hybridized carbons (Fsp3) is 0.562. The number of nitrogens with zero attached hydrogens (tertiary/aromatic N) is 3. The van der Waals surface area contributed by atoms with Crippen LogP contribution in [0.1, 0.15) is 30.3 Å². The van der Waals surface area contributed by atoms with E-state index < -0.39 is 5.91 Å². The summed E-state index contributed by atoms with van der Waals surface area (Å²) in [6.45, 7) is 5.21. The predicted octanol–water partition coefficient (Wildman–Crippen LogP) is -0.0304. The standard InChI is InChI=1S/C16H23N5O2/c1-11(16(23)19-12-2-3-12)20-6-8-21(9-7-20)13-4-5-18-14(10-13)15(17)22/h4-5,10-12H,2-3,6-9H2,1H3,(H2,17,22)(H,19,23). The number of hydrogen-bond acceptors (Lipinski definition) is 5. The molecule has 1 atom stereocenters. The van der Waals surface area contributed by atoms with Crippen molar-refractivity contribution in [2.24, 2.45) is 5.73 Å². The van der Waals surface area contributed by atoms with Gasteiger partial charge in [0.2, 0.25) is 5.91 Å². The molecule has 2 aliphatic rings. The topological polar surface area (TPSA) is 91.6 Å². The van der Waals surface area contributed by atoms with E-state index >= 15 is 0 Å². The number of nitrogens with one attached hydrogen (secondary N) is 1. The molecule has 1 aliphatic heterocycles. The molecule has 2 heterocycles. The molecule has 3 rings (SSSR count). The molecule has 0 radical (unpaired) electrons. The zero-order valence-electron chi connectivity index (χ0n) is 13.4. The van der Waals surface area contributed by atoms with Gasteiger partial charge in [-0.25, -0.2) is 0 Å². The third-order valence-electron chi connectivity index (χ3n) is 4.53. The van der Waals surface area contributed by atoms with Crippen LogP contribution in [-0.4, -0.2) is 60.0 Å². The van der Waals surface area contributed by atoms with Crippen molar-refractivity contribution < 1.29 is 9.59 Å². The Morgan fingerprint density at radius 1 is 1.30 bits per heavy atom. The smallest absolute Gasteiger partial charge is 0.267 e. The van der Waals surface area contributed by atoms with Gasteiger partial charge in [-0.15, -0.1) is 0 Å². The van der Waals surface area contributed by atoms with Crippen molar-refractivity contribution in [1.29, 1.82) is 0 Å².